The Labute approximate surface area is 132 Å². The van der Waals surface area contributed by atoms with Crippen LogP contribution in [0.25, 0.3) is 0 Å². The van der Waals surface area contributed by atoms with E-state index in [9.17, 15) is 0 Å². The van der Waals surface area contributed by atoms with E-state index < -0.39 is 0 Å². The van der Waals surface area contributed by atoms with Gasteiger partial charge in [0.25, 0.3) is 0 Å². The molecule has 2 fully saturated rings. The molecule has 0 saturated heterocycles. The molecule has 0 radical (unpaired) electrons. The zero-order valence-electron chi connectivity index (χ0n) is 14.8. The summed E-state index contributed by atoms with van der Waals surface area (Å²) in [6, 6.07) is 0.572. The molecule has 1 N–H and O–H groups in total. The monoisotopic (exact) mass is 295 g/mol. The topological polar surface area (TPSA) is 21.3 Å². The summed E-state index contributed by atoms with van der Waals surface area (Å²) in [7, 11) is 0. The number of ether oxygens (including phenoxy) is 1. The summed E-state index contributed by atoms with van der Waals surface area (Å²) in [4.78, 5) is 0. The molecular formula is C19H37NO. The number of hydrogen-bond donors (Lipinski definition) is 1. The normalized spacial score (nSPS) is 39.1. The lowest BCUT2D eigenvalue weighted by Crippen LogP contribution is -2.58. The van der Waals surface area contributed by atoms with Gasteiger partial charge in [-0.25, -0.2) is 0 Å². The first-order valence-electron chi connectivity index (χ1n) is 9.48. The molecule has 0 aromatic heterocycles. The highest BCUT2D eigenvalue weighted by atomic mass is 16.5. The second-order valence-electron chi connectivity index (χ2n) is 7.74. The average Bonchev–Trinajstić information content (AvgIpc) is 2.49. The van der Waals surface area contributed by atoms with Crippen LogP contribution in [-0.4, -0.2) is 24.8 Å². The molecule has 2 heteroatoms. The Hall–Kier alpha value is -0.0800. The first-order valence-corrected chi connectivity index (χ1v) is 9.48. The first kappa shape index (κ1) is 17.3. The van der Waals surface area contributed by atoms with Crippen molar-refractivity contribution in [1.82, 2.24) is 5.32 Å². The summed E-state index contributed by atoms with van der Waals surface area (Å²) in [5.74, 6) is 2.63. The van der Waals surface area contributed by atoms with Gasteiger partial charge in [0.15, 0.2) is 0 Å². The van der Waals surface area contributed by atoms with Gasteiger partial charge in [0.1, 0.15) is 0 Å². The van der Waals surface area contributed by atoms with Gasteiger partial charge in [-0.3, -0.25) is 0 Å². The van der Waals surface area contributed by atoms with Crippen molar-refractivity contribution in [3.8, 4) is 0 Å². The van der Waals surface area contributed by atoms with E-state index in [4.69, 9.17) is 4.74 Å². The third-order valence-electron chi connectivity index (χ3n) is 6.08. The smallest absolute Gasteiger partial charge is 0.0837 e. The van der Waals surface area contributed by atoms with E-state index in [1.165, 1.54) is 51.4 Å². The number of likely N-dealkylation sites (N-methyl/N-ethyl adjacent to an activating group) is 1. The van der Waals surface area contributed by atoms with Crippen LogP contribution in [0.2, 0.25) is 0 Å². The van der Waals surface area contributed by atoms with Crippen LogP contribution in [0.1, 0.15) is 79.1 Å². The minimum atomic E-state index is 0.114. The van der Waals surface area contributed by atoms with Gasteiger partial charge in [-0.15, -0.1) is 0 Å². The molecule has 124 valence electrons. The fourth-order valence-electron chi connectivity index (χ4n) is 4.70. The number of rotatable bonds is 6. The van der Waals surface area contributed by atoms with E-state index in [2.05, 4.69) is 33.0 Å². The van der Waals surface area contributed by atoms with E-state index in [1.807, 2.05) is 0 Å². The zero-order chi connectivity index (χ0) is 15.3. The molecule has 2 saturated carbocycles. The second-order valence-corrected chi connectivity index (χ2v) is 7.74. The molecule has 21 heavy (non-hydrogen) atoms. The van der Waals surface area contributed by atoms with Gasteiger partial charge >= 0.3 is 0 Å². The lowest BCUT2D eigenvalue weighted by atomic mass is 9.67. The van der Waals surface area contributed by atoms with Gasteiger partial charge in [0.2, 0.25) is 0 Å². The first-order chi connectivity index (χ1) is 10.1. The molecule has 2 aliphatic rings. The van der Waals surface area contributed by atoms with E-state index in [-0.39, 0.29) is 5.60 Å². The Bertz CT molecular complexity index is 288. The molecule has 1 atom stereocenters. The van der Waals surface area contributed by atoms with Crippen molar-refractivity contribution < 1.29 is 4.74 Å². The Morgan fingerprint density at radius 2 is 1.52 bits per heavy atom. The van der Waals surface area contributed by atoms with Crippen LogP contribution in [0.4, 0.5) is 0 Å². The van der Waals surface area contributed by atoms with Gasteiger partial charge in [0, 0.05) is 12.6 Å². The largest absolute Gasteiger partial charge is 0.374 e. The fourth-order valence-corrected chi connectivity index (χ4v) is 4.70. The maximum absolute atomic E-state index is 6.45. The molecule has 2 nitrogen and oxygen atoms in total. The lowest BCUT2D eigenvalue weighted by Gasteiger charge is -2.49. The third kappa shape index (κ3) is 4.22. The van der Waals surface area contributed by atoms with E-state index in [0.717, 1.165) is 30.9 Å². The van der Waals surface area contributed by atoms with Crippen LogP contribution >= 0.6 is 0 Å². The predicted molar refractivity (Wildman–Crippen MR) is 90.6 cm³/mol. The third-order valence-corrected chi connectivity index (χ3v) is 6.08. The second kappa shape index (κ2) is 7.97. The molecular weight excluding hydrogens is 258 g/mol. The number of hydrogen-bond acceptors (Lipinski definition) is 2. The molecule has 2 rings (SSSR count). The standard InChI is InChI=1S/C19H37NO/c1-5-20-18(17-9-7-15(3)8-10-17)19(21-6-2)13-11-16(4)12-14-19/h15-18,20H,5-14H2,1-4H3. The summed E-state index contributed by atoms with van der Waals surface area (Å²) >= 11 is 0. The van der Waals surface area contributed by atoms with Crippen molar-refractivity contribution in [2.24, 2.45) is 17.8 Å². The van der Waals surface area contributed by atoms with Crippen LogP contribution in [-0.2, 0) is 4.74 Å². The lowest BCUT2D eigenvalue weighted by molar-refractivity contribution is -0.112. The van der Waals surface area contributed by atoms with Crippen molar-refractivity contribution in [3.63, 3.8) is 0 Å². The van der Waals surface area contributed by atoms with Crippen LogP contribution in [0, 0.1) is 17.8 Å². The Morgan fingerprint density at radius 3 is 2.05 bits per heavy atom. The molecule has 0 spiro atoms. The van der Waals surface area contributed by atoms with Gasteiger partial charge in [0.05, 0.1) is 5.60 Å². The van der Waals surface area contributed by atoms with Crippen molar-refractivity contribution in [2.75, 3.05) is 13.2 Å². The Morgan fingerprint density at radius 1 is 0.952 bits per heavy atom. The number of nitrogens with one attached hydrogen (secondary N) is 1. The molecule has 0 heterocycles. The Balaban J connectivity index is 2.12. The van der Waals surface area contributed by atoms with E-state index >= 15 is 0 Å². The summed E-state index contributed by atoms with van der Waals surface area (Å²) in [5.41, 5.74) is 0.114. The minimum absolute atomic E-state index is 0.114. The highest BCUT2D eigenvalue weighted by Gasteiger charge is 2.45. The average molecular weight is 296 g/mol. The molecule has 0 aliphatic heterocycles. The molecule has 1 unspecified atom stereocenters. The van der Waals surface area contributed by atoms with Crippen molar-refractivity contribution in [3.05, 3.63) is 0 Å². The predicted octanol–water partition coefficient (Wildman–Crippen LogP) is 4.78. The summed E-state index contributed by atoms with van der Waals surface area (Å²) in [5, 5.41) is 3.85. The van der Waals surface area contributed by atoms with Gasteiger partial charge in [-0.05, 0) is 69.7 Å². The van der Waals surface area contributed by atoms with Crippen LogP contribution < -0.4 is 5.32 Å². The highest BCUT2D eigenvalue weighted by Crippen LogP contribution is 2.43. The van der Waals surface area contributed by atoms with E-state index in [1.54, 1.807) is 0 Å². The van der Waals surface area contributed by atoms with Gasteiger partial charge in [-0.1, -0.05) is 33.6 Å². The van der Waals surface area contributed by atoms with Gasteiger partial charge < -0.3 is 10.1 Å². The quantitative estimate of drug-likeness (QED) is 0.761. The molecule has 0 aromatic rings. The molecule has 0 amide bonds. The maximum Gasteiger partial charge on any atom is 0.0837 e. The fraction of sp³-hybridized carbons (Fsp3) is 1.00. The molecule has 2 aliphatic carbocycles. The van der Waals surface area contributed by atoms with Gasteiger partial charge in [-0.2, -0.15) is 0 Å². The van der Waals surface area contributed by atoms with Crippen molar-refractivity contribution in [2.45, 2.75) is 90.7 Å². The van der Waals surface area contributed by atoms with Crippen LogP contribution in [0.15, 0.2) is 0 Å². The van der Waals surface area contributed by atoms with Crippen LogP contribution in [0.3, 0.4) is 0 Å². The Kier molecular flexibility index (Phi) is 6.55. The highest BCUT2D eigenvalue weighted by molar-refractivity contribution is 5.00. The maximum atomic E-state index is 6.45. The van der Waals surface area contributed by atoms with E-state index in [0.29, 0.717) is 6.04 Å². The summed E-state index contributed by atoms with van der Waals surface area (Å²) in [6.45, 7) is 11.2. The van der Waals surface area contributed by atoms with Crippen LogP contribution in [0.5, 0.6) is 0 Å². The summed E-state index contributed by atoms with van der Waals surface area (Å²) < 4.78 is 6.45. The minimum Gasteiger partial charge on any atom is -0.374 e. The molecule has 0 bridgehead atoms. The molecule has 0 aromatic carbocycles. The SMILES string of the molecule is CCNC(C1CCC(C)CC1)C1(OCC)CCC(C)CC1. The summed E-state index contributed by atoms with van der Waals surface area (Å²) in [6.07, 6.45) is 10.8. The van der Waals surface area contributed by atoms with Crippen molar-refractivity contribution >= 4 is 0 Å². The van der Waals surface area contributed by atoms with Crippen molar-refractivity contribution in [1.29, 1.82) is 0 Å². The zero-order valence-corrected chi connectivity index (χ0v) is 14.8.